The van der Waals surface area contributed by atoms with Crippen molar-refractivity contribution in [3.05, 3.63) is 70.8 Å². The molecule has 4 aliphatic rings. The summed E-state index contributed by atoms with van der Waals surface area (Å²) in [7, 11) is 0. The summed E-state index contributed by atoms with van der Waals surface area (Å²) in [5.41, 5.74) is 4.73. The monoisotopic (exact) mass is 389 g/mol. The Morgan fingerprint density at radius 3 is 1.62 bits per heavy atom. The second-order valence-corrected chi connectivity index (χ2v) is 8.30. The van der Waals surface area contributed by atoms with Crippen molar-refractivity contribution in [2.45, 2.75) is 37.5 Å². The summed E-state index contributed by atoms with van der Waals surface area (Å²) < 4.78 is 0. The molecule has 2 atom stereocenters. The van der Waals surface area contributed by atoms with Crippen LogP contribution < -0.4 is 0 Å². The summed E-state index contributed by atoms with van der Waals surface area (Å²) in [6.45, 7) is 0.385. The third kappa shape index (κ3) is 2.64. The predicted molar refractivity (Wildman–Crippen MR) is 106 cm³/mol. The van der Waals surface area contributed by atoms with E-state index in [9.17, 15) is 14.4 Å². The maximum Gasteiger partial charge on any atom is 0.303 e. The summed E-state index contributed by atoms with van der Waals surface area (Å²) in [4.78, 5) is 38.8. The van der Waals surface area contributed by atoms with Crippen LogP contribution in [0.4, 0.5) is 0 Å². The van der Waals surface area contributed by atoms with Gasteiger partial charge in [0.15, 0.2) is 0 Å². The number of rotatable bonds is 6. The van der Waals surface area contributed by atoms with Gasteiger partial charge in [0.2, 0.25) is 11.8 Å². The van der Waals surface area contributed by atoms with E-state index >= 15 is 0 Å². The lowest BCUT2D eigenvalue weighted by Gasteiger charge is -2.45. The molecule has 2 bridgehead atoms. The molecular weight excluding hydrogens is 366 g/mol. The molecule has 1 N–H and O–H groups in total. The van der Waals surface area contributed by atoms with Crippen molar-refractivity contribution < 1.29 is 19.5 Å². The molecule has 2 aromatic rings. The minimum absolute atomic E-state index is 0.0581. The van der Waals surface area contributed by atoms with Gasteiger partial charge in [-0.3, -0.25) is 19.3 Å². The van der Waals surface area contributed by atoms with E-state index in [2.05, 4.69) is 24.3 Å². The molecule has 2 aromatic carbocycles. The molecule has 2 amide bonds. The highest BCUT2D eigenvalue weighted by Gasteiger charge is 2.61. The number of amides is 2. The molecule has 0 aromatic heterocycles. The van der Waals surface area contributed by atoms with E-state index in [0.717, 1.165) is 0 Å². The Morgan fingerprint density at radius 1 is 0.759 bits per heavy atom. The highest BCUT2D eigenvalue weighted by Crippen LogP contribution is 2.60. The van der Waals surface area contributed by atoms with Crippen LogP contribution in [0.2, 0.25) is 0 Å². The molecule has 0 spiro atoms. The Morgan fingerprint density at radius 2 is 1.21 bits per heavy atom. The number of imide groups is 1. The van der Waals surface area contributed by atoms with Crippen molar-refractivity contribution >= 4 is 17.8 Å². The van der Waals surface area contributed by atoms with Crippen LogP contribution in [0.5, 0.6) is 0 Å². The van der Waals surface area contributed by atoms with Gasteiger partial charge in [-0.2, -0.15) is 0 Å². The molecule has 1 fully saturated rings. The first kappa shape index (κ1) is 18.1. The fraction of sp³-hybridized carbons (Fsp3) is 0.375. The molecule has 148 valence electrons. The van der Waals surface area contributed by atoms with Gasteiger partial charge in [0.05, 0.1) is 11.8 Å². The molecule has 5 heteroatoms. The molecule has 5 nitrogen and oxygen atoms in total. The lowest BCUT2D eigenvalue weighted by molar-refractivity contribution is -0.140. The van der Waals surface area contributed by atoms with E-state index in [1.54, 1.807) is 0 Å². The van der Waals surface area contributed by atoms with E-state index in [1.807, 2.05) is 24.3 Å². The number of carboxylic acids is 1. The highest BCUT2D eigenvalue weighted by molar-refractivity contribution is 6.07. The number of benzene rings is 2. The van der Waals surface area contributed by atoms with E-state index < -0.39 is 5.97 Å². The number of hydrogen-bond acceptors (Lipinski definition) is 3. The first-order valence-electron chi connectivity index (χ1n) is 10.3. The van der Waals surface area contributed by atoms with E-state index in [1.165, 1.54) is 27.2 Å². The molecule has 29 heavy (non-hydrogen) atoms. The molecule has 0 radical (unpaired) electrons. The number of aliphatic carboxylic acids is 1. The number of likely N-dealkylation sites (tertiary alicyclic amines) is 1. The van der Waals surface area contributed by atoms with Gasteiger partial charge >= 0.3 is 5.97 Å². The van der Waals surface area contributed by atoms with Crippen LogP contribution in [0.3, 0.4) is 0 Å². The van der Waals surface area contributed by atoms with E-state index in [4.69, 9.17) is 5.11 Å². The first-order valence-corrected chi connectivity index (χ1v) is 10.3. The zero-order valence-electron chi connectivity index (χ0n) is 16.1. The van der Waals surface area contributed by atoms with Crippen molar-refractivity contribution in [2.24, 2.45) is 11.8 Å². The average molecular weight is 389 g/mol. The Labute approximate surface area is 169 Å². The van der Waals surface area contributed by atoms with Crippen LogP contribution in [0.1, 0.15) is 59.8 Å². The number of hydrogen-bond donors (Lipinski definition) is 1. The number of carboxylic acid groups (broad SMARTS) is 1. The number of nitrogens with zero attached hydrogens (tertiary/aromatic N) is 1. The van der Waals surface area contributed by atoms with Gasteiger partial charge in [-0.1, -0.05) is 55.0 Å². The third-order valence-corrected chi connectivity index (χ3v) is 6.81. The van der Waals surface area contributed by atoms with Gasteiger partial charge in [-0.25, -0.2) is 0 Å². The number of unbranched alkanes of at least 4 members (excludes halogenated alkanes) is 2. The Balaban J connectivity index is 1.46. The lowest BCUT2D eigenvalue weighted by Crippen LogP contribution is -2.41. The normalized spacial score (nSPS) is 26.3. The van der Waals surface area contributed by atoms with Crippen molar-refractivity contribution in [1.82, 2.24) is 4.90 Å². The first-order chi connectivity index (χ1) is 14.1. The van der Waals surface area contributed by atoms with Gasteiger partial charge in [-0.15, -0.1) is 0 Å². The topological polar surface area (TPSA) is 74.7 Å². The molecule has 0 unspecified atom stereocenters. The molecular formula is C24H23NO4. The maximum atomic E-state index is 13.3. The molecule has 1 heterocycles. The minimum atomic E-state index is -0.809. The minimum Gasteiger partial charge on any atom is -0.481 e. The van der Waals surface area contributed by atoms with Crippen LogP contribution in [0.15, 0.2) is 48.5 Å². The largest absolute Gasteiger partial charge is 0.481 e. The zero-order valence-corrected chi connectivity index (χ0v) is 16.1. The molecule has 6 rings (SSSR count). The molecule has 0 saturated carbocycles. The Hall–Kier alpha value is -2.95. The SMILES string of the molecule is O=C(O)CCCCCN1C(=O)[C@@H]2C3c4ccccc4C(c4ccccc43)[C@H]2C1=O. The van der Waals surface area contributed by atoms with Crippen molar-refractivity contribution in [2.75, 3.05) is 6.54 Å². The average Bonchev–Trinajstić information content (AvgIpc) is 2.98. The molecule has 1 aliphatic heterocycles. The van der Waals surface area contributed by atoms with Crippen LogP contribution in [0.25, 0.3) is 0 Å². The zero-order chi connectivity index (χ0) is 20.1. The number of carbonyl (C=O) groups is 3. The van der Waals surface area contributed by atoms with Gasteiger partial charge in [0, 0.05) is 24.8 Å². The highest BCUT2D eigenvalue weighted by atomic mass is 16.4. The van der Waals surface area contributed by atoms with Crippen LogP contribution in [-0.4, -0.2) is 34.3 Å². The Bertz CT molecular complexity index is 898. The van der Waals surface area contributed by atoms with Gasteiger partial charge in [-0.05, 0) is 35.1 Å². The summed E-state index contributed by atoms with van der Waals surface area (Å²) in [6, 6.07) is 16.5. The quantitative estimate of drug-likeness (QED) is 0.606. The van der Waals surface area contributed by atoms with Gasteiger partial charge in [0.1, 0.15) is 0 Å². The second-order valence-electron chi connectivity index (χ2n) is 8.30. The maximum absolute atomic E-state index is 13.3. The van der Waals surface area contributed by atoms with Crippen molar-refractivity contribution in [3.8, 4) is 0 Å². The fourth-order valence-corrected chi connectivity index (χ4v) is 5.68. The molecule has 1 saturated heterocycles. The van der Waals surface area contributed by atoms with Crippen LogP contribution >= 0.6 is 0 Å². The summed E-state index contributed by atoms with van der Waals surface area (Å²) in [5.74, 6) is -1.70. The van der Waals surface area contributed by atoms with Crippen molar-refractivity contribution in [3.63, 3.8) is 0 Å². The summed E-state index contributed by atoms with van der Waals surface area (Å²) >= 11 is 0. The van der Waals surface area contributed by atoms with Crippen molar-refractivity contribution in [1.29, 1.82) is 0 Å². The standard InChI is InChI=1S/C24H23NO4/c26-18(27)12-2-1-7-13-25-23(28)21-19-14-8-3-4-9-15(14)20(22(21)24(25)29)17-11-6-5-10-16(17)19/h3-6,8-11,19-22H,1-2,7,12-13H2,(H,26,27)/t19?,20?,21-,22-/m1/s1. The van der Waals surface area contributed by atoms with E-state index in [0.29, 0.717) is 25.8 Å². The second kappa shape index (κ2) is 6.83. The van der Waals surface area contributed by atoms with Gasteiger partial charge in [0.25, 0.3) is 0 Å². The van der Waals surface area contributed by atoms with E-state index in [-0.39, 0.29) is 41.9 Å². The Kier molecular flexibility index (Phi) is 4.26. The predicted octanol–water partition coefficient (Wildman–Crippen LogP) is 3.52. The van der Waals surface area contributed by atoms with Crippen LogP contribution in [-0.2, 0) is 14.4 Å². The molecule has 3 aliphatic carbocycles. The smallest absolute Gasteiger partial charge is 0.303 e. The number of carbonyl (C=O) groups excluding carboxylic acids is 2. The van der Waals surface area contributed by atoms with Crippen LogP contribution in [0, 0.1) is 11.8 Å². The summed E-state index contributed by atoms with van der Waals surface area (Å²) in [5, 5.41) is 8.77. The van der Waals surface area contributed by atoms with Gasteiger partial charge < -0.3 is 5.11 Å². The third-order valence-electron chi connectivity index (χ3n) is 6.81. The lowest BCUT2D eigenvalue weighted by atomic mass is 9.55. The fourth-order valence-electron chi connectivity index (χ4n) is 5.68. The summed E-state index contributed by atoms with van der Waals surface area (Å²) in [6.07, 6.45) is 2.05.